The van der Waals surface area contributed by atoms with E-state index >= 15 is 0 Å². The van der Waals surface area contributed by atoms with Crippen LogP contribution in [0.25, 0.3) is 11.2 Å². The maximum Gasteiger partial charge on any atom is 0.179 e. The van der Waals surface area contributed by atoms with E-state index in [0.717, 1.165) is 24.2 Å². The molecule has 1 aliphatic carbocycles. The predicted molar refractivity (Wildman–Crippen MR) is 72.1 cm³/mol. The van der Waals surface area contributed by atoms with Crippen molar-refractivity contribution < 1.29 is 0 Å². The molecule has 0 bridgehead atoms. The summed E-state index contributed by atoms with van der Waals surface area (Å²) in [5, 5.41) is 0. The van der Waals surface area contributed by atoms with Crippen molar-refractivity contribution in [3.63, 3.8) is 0 Å². The van der Waals surface area contributed by atoms with Crippen molar-refractivity contribution in [1.29, 1.82) is 0 Å². The van der Waals surface area contributed by atoms with Crippen molar-refractivity contribution in [2.75, 3.05) is 5.73 Å². The Morgan fingerprint density at radius 1 is 1.11 bits per heavy atom. The number of hydrogen-bond acceptors (Lipinski definition) is 4. The van der Waals surface area contributed by atoms with Crippen molar-refractivity contribution in [1.82, 2.24) is 15.0 Å². The van der Waals surface area contributed by atoms with Crippen molar-refractivity contribution >= 4 is 17.0 Å². The molecule has 0 radical (unpaired) electrons. The normalized spacial score (nSPS) is 25.2. The van der Waals surface area contributed by atoms with Crippen LogP contribution < -0.4 is 11.5 Å². The van der Waals surface area contributed by atoms with E-state index in [-0.39, 0.29) is 6.04 Å². The van der Waals surface area contributed by atoms with Crippen LogP contribution in [-0.4, -0.2) is 21.0 Å². The highest BCUT2D eigenvalue weighted by molar-refractivity contribution is 5.72. The topological polar surface area (TPSA) is 93.6 Å². The molecule has 96 valence electrons. The van der Waals surface area contributed by atoms with Crippen LogP contribution >= 0.6 is 0 Å². The minimum Gasteiger partial charge on any atom is -0.384 e. The van der Waals surface area contributed by atoms with E-state index in [1.54, 1.807) is 6.07 Å². The Balaban J connectivity index is 1.97. The molecule has 1 saturated carbocycles. The van der Waals surface area contributed by atoms with Crippen LogP contribution in [0.3, 0.4) is 0 Å². The molecule has 0 spiro atoms. The number of fused-ring (bicyclic) bond motifs is 1. The molecular formula is C13H19N5. The fourth-order valence-corrected chi connectivity index (χ4v) is 2.78. The molecule has 18 heavy (non-hydrogen) atoms. The Bertz CT molecular complexity index is 547. The first kappa shape index (κ1) is 11.5. The molecule has 1 fully saturated rings. The van der Waals surface area contributed by atoms with Crippen LogP contribution in [0.15, 0.2) is 12.1 Å². The molecule has 5 N–H and O–H groups in total. The number of aromatic amines is 1. The SMILES string of the molecule is Nc1ccc2[nH]c(C3CCCCCC3N)nc2n1. The van der Waals surface area contributed by atoms with E-state index in [1.165, 1.54) is 19.3 Å². The van der Waals surface area contributed by atoms with Crippen molar-refractivity contribution in [2.45, 2.75) is 44.1 Å². The zero-order chi connectivity index (χ0) is 12.5. The lowest BCUT2D eigenvalue weighted by Crippen LogP contribution is -2.28. The van der Waals surface area contributed by atoms with Gasteiger partial charge in [0.05, 0.1) is 5.52 Å². The maximum atomic E-state index is 6.26. The monoisotopic (exact) mass is 245 g/mol. The number of H-pyrrole nitrogens is 1. The lowest BCUT2D eigenvalue weighted by Gasteiger charge is -2.18. The summed E-state index contributed by atoms with van der Waals surface area (Å²) in [5.74, 6) is 1.80. The Hall–Kier alpha value is -1.62. The Kier molecular flexibility index (Phi) is 2.91. The zero-order valence-electron chi connectivity index (χ0n) is 10.4. The van der Waals surface area contributed by atoms with E-state index in [4.69, 9.17) is 11.5 Å². The summed E-state index contributed by atoms with van der Waals surface area (Å²) in [6, 6.07) is 3.92. The van der Waals surface area contributed by atoms with E-state index in [9.17, 15) is 0 Å². The molecule has 2 heterocycles. The summed E-state index contributed by atoms with van der Waals surface area (Å²) in [6.07, 6.45) is 5.91. The van der Waals surface area contributed by atoms with Gasteiger partial charge in [0.1, 0.15) is 11.6 Å². The molecule has 0 amide bonds. The predicted octanol–water partition coefficient (Wildman–Crippen LogP) is 1.92. The number of pyridine rings is 1. The van der Waals surface area contributed by atoms with Gasteiger partial charge in [-0.25, -0.2) is 9.97 Å². The lowest BCUT2D eigenvalue weighted by atomic mass is 9.95. The number of anilines is 1. The van der Waals surface area contributed by atoms with Gasteiger partial charge in [-0.1, -0.05) is 19.3 Å². The molecule has 2 aromatic heterocycles. The van der Waals surface area contributed by atoms with Crippen LogP contribution in [-0.2, 0) is 0 Å². The molecule has 1 aliphatic rings. The molecule has 0 aromatic carbocycles. The number of rotatable bonds is 1. The Morgan fingerprint density at radius 2 is 1.94 bits per heavy atom. The second-order valence-corrected chi connectivity index (χ2v) is 5.14. The summed E-state index contributed by atoms with van der Waals surface area (Å²) in [5.41, 5.74) is 13.6. The highest BCUT2D eigenvalue weighted by atomic mass is 15.0. The number of aromatic nitrogens is 3. The molecule has 2 atom stereocenters. The molecule has 2 aromatic rings. The lowest BCUT2D eigenvalue weighted by molar-refractivity contribution is 0.488. The average molecular weight is 245 g/mol. The van der Waals surface area contributed by atoms with Crippen LogP contribution in [0.2, 0.25) is 0 Å². The number of nitrogens with one attached hydrogen (secondary N) is 1. The highest BCUT2D eigenvalue weighted by Crippen LogP contribution is 2.30. The fourth-order valence-electron chi connectivity index (χ4n) is 2.78. The first-order valence-corrected chi connectivity index (χ1v) is 6.62. The third kappa shape index (κ3) is 2.06. The van der Waals surface area contributed by atoms with Crippen LogP contribution in [0.1, 0.15) is 43.8 Å². The van der Waals surface area contributed by atoms with Crippen LogP contribution in [0.4, 0.5) is 5.82 Å². The van der Waals surface area contributed by atoms with E-state index < -0.39 is 0 Å². The van der Waals surface area contributed by atoms with Gasteiger partial charge in [-0.05, 0) is 25.0 Å². The van der Waals surface area contributed by atoms with Crippen molar-refractivity contribution in [3.05, 3.63) is 18.0 Å². The third-order valence-corrected chi connectivity index (χ3v) is 3.81. The van der Waals surface area contributed by atoms with Crippen LogP contribution in [0, 0.1) is 0 Å². The van der Waals surface area contributed by atoms with Gasteiger partial charge in [-0.2, -0.15) is 0 Å². The van der Waals surface area contributed by atoms with E-state index in [0.29, 0.717) is 17.4 Å². The summed E-state index contributed by atoms with van der Waals surface area (Å²) in [6.45, 7) is 0. The number of imidazole rings is 1. The van der Waals surface area contributed by atoms with E-state index in [1.807, 2.05) is 6.07 Å². The van der Waals surface area contributed by atoms with E-state index in [2.05, 4.69) is 15.0 Å². The summed E-state index contributed by atoms with van der Waals surface area (Å²) in [4.78, 5) is 12.1. The highest BCUT2D eigenvalue weighted by Gasteiger charge is 2.24. The standard InChI is InChI=1S/C13H19N5/c14-9-5-3-1-2-4-8(9)12-16-10-6-7-11(15)17-13(10)18-12/h6-9H,1-5,14H2,(H3,15,16,17,18). The first-order valence-electron chi connectivity index (χ1n) is 6.62. The van der Waals surface area contributed by atoms with Gasteiger partial charge < -0.3 is 16.5 Å². The van der Waals surface area contributed by atoms with Gasteiger partial charge in [0.15, 0.2) is 5.65 Å². The maximum absolute atomic E-state index is 6.26. The second-order valence-electron chi connectivity index (χ2n) is 5.14. The summed E-state index contributed by atoms with van der Waals surface area (Å²) in [7, 11) is 0. The third-order valence-electron chi connectivity index (χ3n) is 3.81. The fraction of sp³-hybridized carbons (Fsp3) is 0.538. The molecular weight excluding hydrogens is 226 g/mol. The van der Waals surface area contributed by atoms with Crippen molar-refractivity contribution in [3.8, 4) is 0 Å². The molecule has 5 nitrogen and oxygen atoms in total. The number of nitrogens with two attached hydrogens (primary N) is 2. The largest absolute Gasteiger partial charge is 0.384 e. The van der Waals surface area contributed by atoms with Gasteiger partial charge in [-0.3, -0.25) is 0 Å². The van der Waals surface area contributed by atoms with Crippen LogP contribution in [0.5, 0.6) is 0 Å². The minimum atomic E-state index is 0.199. The van der Waals surface area contributed by atoms with Crippen molar-refractivity contribution in [2.24, 2.45) is 5.73 Å². The first-order chi connectivity index (χ1) is 8.74. The smallest absolute Gasteiger partial charge is 0.179 e. The molecule has 5 heteroatoms. The zero-order valence-corrected chi connectivity index (χ0v) is 10.4. The molecule has 2 unspecified atom stereocenters. The quantitative estimate of drug-likeness (QED) is 0.669. The van der Waals surface area contributed by atoms with Gasteiger partial charge >= 0.3 is 0 Å². The van der Waals surface area contributed by atoms with Gasteiger partial charge in [0, 0.05) is 12.0 Å². The number of nitrogens with zero attached hydrogens (tertiary/aromatic N) is 2. The average Bonchev–Trinajstić information content (AvgIpc) is 2.63. The van der Waals surface area contributed by atoms with Gasteiger partial charge in [-0.15, -0.1) is 0 Å². The molecule has 0 aliphatic heterocycles. The Morgan fingerprint density at radius 3 is 2.83 bits per heavy atom. The molecule has 0 saturated heterocycles. The summed E-state index contributed by atoms with van der Waals surface area (Å²) < 4.78 is 0. The number of nitrogen functional groups attached to an aromatic ring is 1. The minimum absolute atomic E-state index is 0.199. The summed E-state index contributed by atoms with van der Waals surface area (Å²) >= 11 is 0. The van der Waals surface area contributed by atoms with Gasteiger partial charge in [0.2, 0.25) is 0 Å². The molecule has 3 rings (SSSR count). The Labute approximate surface area is 106 Å². The van der Waals surface area contributed by atoms with Gasteiger partial charge in [0.25, 0.3) is 0 Å². The number of hydrogen-bond donors (Lipinski definition) is 3. The second kappa shape index (κ2) is 4.57.